The van der Waals surface area contributed by atoms with Gasteiger partial charge in [0.1, 0.15) is 0 Å². The SMILES string of the molecule is Cc1ccc(-c2cc(C(=O)N[C@@H]3C[C@@H](C)CC(C)(C)C3)c3cc(Br)ccc3n2)cc1. The highest BCUT2D eigenvalue weighted by molar-refractivity contribution is 9.10. The summed E-state index contributed by atoms with van der Waals surface area (Å²) in [6.07, 6.45) is 3.26. The van der Waals surface area contributed by atoms with E-state index in [1.807, 2.05) is 24.3 Å². The van der Waals surface area contributed by atoms with E-state index in [0.29, 0.717) is 11.5 Å². The van der Waals surface area contributed by atoms with E-state index in [4.69, 9.17) is 4.98 Å². The summed E-state index contributed by atoms with van der Waals surface area (Å²) in [5.41, 5.74) is 4.83. The molecular formula is C26H29BrN2O. The van der Waals surface area contributed by atoms with Crippen LogP contribution in [-0.2, 0) is 0 Å². The topological polar surface area (TPSA) is 42.0 Å². The molecule has 1 amide bonds. The van der Waals surface area contributed by atoms with E-state index >= 15 is 0 Å². The Morgan fingerprint density at radius 3 is 2.53 bits per heavy atom. The van der Waals surface area contributed by atoms with Crippen LogP contribution in [0.15, 0.2) is 53.0 Å². The van der Waals surface area contributed by atoms with Gasteiger partial charge in [0.15, 0.2) is 0 Å². The second-order valence-electron chi connectivity index (χ2n) is 9.67. The zero-order valence-corrected chi connectivity index (χ0v) is 19.7. The van der Waals surface area contributed by atoms with Crippen molar-refractivity contribution in [1.29, 1.82) is 0 Å². The van der Waals surface area contributed by atoms with Gasteiger partial charge in [0.2, 0.25) is 0 Å². The first-order valence-corrected chi connectivity index (χ1v) is 11.5. The lowest BCUT2D eigenvalue weighted by Crippen LogP contribution is -2.43. The van der Waals surface area contributed by atoms with Crippen molar-refractivity contribution in [3.63, 3.8) is 0 Å². The van der Waals surface area contributed by atoms with Crippen LogP contribution in [0.4, 0.5) is 0 Å². The number of rotatable bonds is 3. The Labute approximate surface area is 187 Å². The zero-order valence-electron chi connectivity index (χ0n) is 18.1. The predicted octanol–water partition coefficient (Wildman–Crippen LogP) is 6.92. The average molecular weight is 465 g/mol. The molecule has 0 aliphatic heterocycles. The number of amides is 1. The number of fused-ring (bicyclic) bond motifs is 1. The Kier molecular flexibility index (Phi) is 5.71. The van der Waals surface area contributed by atoms with Crippen molar-refractivity contribution in [1.82, 2.24) is 10.3 Å². The number of nitrogens with zero attached hydrogens (tertiary/aromatic N) is 1. The number of pyridine rings is 1. The van der Waals surface area contributed by atoms with Crippen LogP contribution in [0.1, 0.15) is 56.0 Å². The Balaban J connectivity index is 1.73. The fourth-order valence-corrected chi connectivity index (χ4v) is 5.34. The molecule has 0 spiro atoms. The van der Waals surface area contributed by atoms with E-state index in [9.17, 15) is 4.79 Å². The number of nitrogens with one attached hydrogen (secondary N) is 1. The minimum Gasteiger partial charge on any atom is -0.349 e. The van der Waals surface area contributed by atoms with Crippen molar-refractivity contribution < 1.29 is 4.79 Å². The number of hydrogen-bond acceptors (Lipinski definition) is 2. The highest BCUT2D eigenvalue weighted by atomic mass is 79.9. The zero-order chi connectivity index (χ0) is 21.5. The smallest absolute Gasteiger partial charge is 0.252 e. The van der Waals surface area contributed by atoms with Gasteiger partial charge in [0, 0.05) is 21.5 Å². The van der Waals surface area contributed by atoms with Gasteiger partial charge in [-0.05, 0) is 61.8 Å². The molecule has 0 radical (unpaired) electrons. The average Bonchev–Trinajstić information content (AvgIpc) is 2.66. The third-order valence-electron chi connectivity index (χ3n) is 6.08. The minimum atomic E-state index is -0.0104. The summed E-state index contributed by atoms with van der Waals surface area (Å²) in [5.74, 6) is 0.606. The van der Waals surface area contributed by atoms with Gasteiger partial charge in [-0.1, -0.05) is 66.5 Å². The summed E-state index contributed by atoms with van der Waals surface area (Å²) >= 11 is 3.55. The Morgan fingerprint density at radius 2 is 1.83 bits per heavy atom. The first kappa shape index (κ1) is 21.0. The van der Waals surface area contributed by atoms with Gasteiger partial charge in [-0.3, -0.25) is 4.79 Å². The molecule has 1 N–H and O–H groups in total. The summed E-state index contributed by atoms with van der Waals surface area (Å²) < 4.78 is 0.946. The van der Waals surface area contributed by atoms with Crippen LogP contribution < -0.4 is 5.32 Å². The van der Waals surface area contributed by atoms with Crippen LogP contribution in [0.2, 0.25) is 0 Å². The van der Waals surface area contributed by atoms with Crippen LogP contribution in [0.3, 0.4) is 0 Å². The van der Waals surface area contributed by atoms with Crippen molar-refractivity contribution in [3.8, 4) is 11.3 Å². The summed E-state index contributed by atoms with van der Waals surface area (Å²) in [5, 5.41) is 4.21. The molecule has 3 aromatic rings. The molecule has 30 heavy (non-hydrogen) atoms. The molecule has 0 saturated heterocycles. The summed E-state index contributed by atoms with van der Waals surface area (Å²) in [7, 11) is 0. The van der Waals surface area contributed by atoms with Gasteiger partial charge in [0.25, 0.3) is 5.91 Å². The van der Waals surface area contributed by atoms with Gasteiger partial charge < -0.3 is 5.32 Å². The van der Waals surface area contributed by atoms with Crippen LogP contribution in [0, 0.1) is 18.3 Å². The van der Waals surface area contributed by atoms with Crippen LogP contribution in [0.25, 0.3) is 22.2 Å². The third kappa shape index (κ3) is 4.59. The van der Waals surface area contributed by atoms with Gasteiger partial charge in [0.05, 0.1) is 16.8 Å². The molecule has 1 saturated carbocycles. The third-order valence-corrected chi connectivity index (χ3v) is 6.58. The molecular weight excluding hydrogens is 436 g/mol. The second-order valence-corrected chi connectivity index (χ2v) is 10.6. The van der Waals surface area contributed by atoms with E-state index < -0.39 is 0 Å². The molecule has 3 nitrogen and oxygen atoms in total. The molecule has 2 atom stereocenters. The molecule has 1 aliphatic rings. The lowest BCUT2D eigenvalue weighted by molar-refractivity contribution is 0.0876. The molecule has 1 fully saturated rings. The normalized spacial score (nSPS) is 20.8. The molecule has 0 bridgehead atoms. The number of carbonyl (C=O) groups excluding carboxylic acids is 1. The van der Waals surface area contributed by atoms with Crippen molar-refractivity contribution in [2.75, 3.05) is 0 Å². The summed E-state index contributed by atoms with van der Waals surface area (Å²) in [4.78, 5) is 18.3. The molecule has 0 unspecified atom stereocenters. The number of halogens is 1. The Hall–Kier alpha value is -2.20. The molecule has 156 valence electrons. The first-order chi connectivity index (χ1) is 14.2. The highest BCUT2D eigenvalue weighted by Gasteiger charge is 2.33. The molecule has 2 aromatic carbocycles. The van der Waals surface area contributed by atoms with E-state index in [1.54, 1.807) is 0 Å². The van der Waals surface area contributed by atoms with Crippen molar-refractivity contribution in [3.05, 3.63) is 64.1 Å². The fourth-order valence-electron chi connectivity index (χ4n) is 4.98. The Morgan fingerprint density at radius 1 is 1.10 bits per heavy atom. The number of aryl methyl sites for hydroxylation is 1. The van der Waals surface area contributed by atoms with Crippen LogP contribution in [0.5, 0.6) is 0 Å². The van der Waals surface area contributed by atoms with Gasteiger partial charge >= 0.3 is 0 Å². The van der Waals surface area contributed by atoms with Crippen molar-refractivity contribution in [2.24, 2.45) is 11.3 Å². The summed E-state index contributed by atoms with van der Waals surface area (Å²) in [6, 6.07) is 16.4. The second kappa shape index (κ2) is 8.14. The number of aromatic nitrogens is 1. The monoisotopic (exact) mass is 464 g/mol. The first-order valence-electron chi connectivity index (χ1n) is 10.7. The van der Waals surface area contributed by atoms with Gasteiger partial charge in [-0.25, -0.2) is 4.98 Å². The maximum atomic E-state index is 13.4. The Bertz CT molecular complexity index is 1090. The maximum Gasteiger partial charge on any atom is 0.252 e. The molecule has 1 heterocycles. The highest BCUT2D eigenvalue weighted by Crippen LogP contribution is 2.38. The van der Waals surface area contributed by atoms with Gasteiger partial charge in [-0.15, -0.1) is 0 Å². The predicted molar refractivity (Wildman–Crippen MR) is 128 cm³/mol. The lowest BCUT2D eigenvalue weighted by Gasteiger charge is -2.39. The van der Waals surface area contributed by atoms with E-state index in [-0.39, 0.29) is 17.4 Å². The standard InChI is InChI=1S/C26H29BrN2O/c1-16-5-7-18(8-6-16)24-13-22(21-12-19(27)9-10-23(21)29-24)25(30)28-20-11-17(2)14-26(3,4)15-20/h5-10,12-13,17,20H,11,14-15H2,1-4H3,(H,28,30)/t17-,20-/m1/s1. The molecule has 4 heteroatoms. The quantitative estimate of drug-likeness (QED) is 0.456. The number of benzene rings is 2. The van der Waals surface area contributed by atoms with Crippen molar-refractivity contribution in [2.45, 2.75) is 53.0 Å². The van der Waals surface area contributed by atoms with Crippen LogP contribution >= 0.6 is 15.9 Å². The number of hydrogen-bond donors (Lipinski definition) is 1. The molecule has 4 rings (SSSR count). The van der Waals surface area contributed by atoms with Crippen molar-refractivity contribution >= 4 is 32.7 Å². The fraction of sp³-hybridized carbons (Fsp3) is 0.385. The van der Waals surface area contributed by atoms with Crippen LogP contribution in [-0.4, -0.2) is 16.9 Å². The molecule has 1 aliphatic carbocycles. The largest absolute Gasteiger partial charge is 0.349 e. The van der Waals surface area contributed by atoms with Gasteiger partial charge in [-0.2, -0.15) is 0 Å². The van der Waals surface area contributed by atoms with E-state index in [0.717, 1.165) is 39.5 Å². The lowest BCUT2D eigenvalue weighted by atomic mass is 9.70. The molecule has 1 aromatic heterocycles. The summed E-state index contributed by atoms with van der Waals surface area (Å²) in [6.45, 7) is 8.96. The van der Waals surface area contributed by atoms with E-state index in [2.05, 4.69) is 73.2 Å². The maximum absolute atomic E-state index is 13.4. The minimum absolute atomic E-state index is 0.0104. The van der Waals surface area contributed by atoms with E-state index in [1.165, 1.54) is 12.0 Å². The number of carbonyl (C=O) groups is 1.